The van der Waals surface area contributed by atoms with Crippen molar-refractivity contribution in [1.29, 1.82) is 0 Å². The van der Waals surface area contributed by atoms with E-state index in [9.17, 15) is 0 Å². The molecule has 0 amide bonds. The molecule has 1 aliphatic heterocycles. The van der Waals surface area contributed by atoms with E-state index >= 15 is 0 Å². The molecule has 2 aromatic heterocycles. The van der Waals surface area contributed by atoms with Crippen LogP contribution in [0, 0.1) is 20.8 Å². The fourth-order valence-electron chi connectivity index (χ4n) is 2.71. The van der Waals surface area contributed by atoms with Gasteiger partial charge in [-0.2, -0.15) is 0 Å². The number of hydrogen-bond donors (Lipinski definition) is 0. The summed E-state index contributed by atoms with van der Waals surface area (Å²) in [6, 6.07) is 4.06. The number of rotatable bonds is 3. The first-order chi connectivity index (χ1) is 10.1. The van der Waals surface area contributed by atoms with Crippen molar-refractivity contribution in [2.75, 3.05) is 31.1 Å². The van der Waals surface area contributed by atoms with Gasteiger partial charge in [0.05, 0.1) is 12.2 Å². The standard InChI is InChI=1S/C15H21N5O/c1-11-9-15(17-13(3)16-11)20-6-4-19(5-7-20)10-14-8-12(2)18-21-14/h8-9H,4-7,10H2,1-3H3. The average Bonchev–Trinajstić information content (AvgIpc) is 2.84. The Morgan fingerprint density at radius 3 is 2.38 bits per heavy atom. The molecule has 0 N–H and O–H groups in total. The first-order valence-corrected chi connectivity index (χ1v) is 7.32. The zero-order chi connectivity index (χ0) is 14.8. The fraction of sp³-hybridized carbons (Fsp3) is 0.533. The van der Waals surface area contributed by atoms with Gasteiger partial charge in [0.1, 0.15) is 11.6 Å². The Morgan fingerprint density at radius 1 is 1.00 bits per heavy atom. The summed E-state index contributed by atoms with van der Waals surface area (Å²) in [4.78, 5) is 13.6. The van der Waals surface area contributed by atoms with E-state index in [0.717, 1.165) is 61.5 Å². The number of hydrogen-bond acceptors (Lipinski definition) is 6. The molecule has 1 saturated heterocycles. The van der Waals surface area contributed by atoms with Crippen molar-refractivity contribution >= 4 is 5.82 Å². The molecule has 2 aromatic rings. The molecule has 112 valence electrons. The molecular weight excluding hydrogens is 266 g/mol. The second-order valence-electron chi connectivity index (χ2n) is 5.61. The summed E-state index contributed by atoms with van der Waals surface area (Å²) < 4.78 is 5.28. The van der Waals surface area contributed by atoms with Crippen molar-refractivity contribution < 1.29 is 4.52 Å². The summed E-state index contributed by atoms with van der Waals surface area (Å²) in [6.45, 7) is 10.7. The van der Waals surface area contributed by atoms with Crippen LogP contribution in [-0.4, -0.2) is 46.2 Å². The molecule has 0 spiro atoms. The zero-order valence-electron chi connectivity index (χ0n) is 12.8. The number of piperazine rings is 1. The lowest BCUT2D eigenvalue weighted by Crippen LogP contribution is -2.46. The highest BCUT2D eigenvalue weighted by Gasteiger charge is 2.19. The Labute approximate surface area is 124 Å². The van der Waals surface area contributed by atoms with Crippen LogP contribution in [0.25, 0.3) is 0 Å². The van der Waals surface area contributed by atoms with Crippen molar-refractivity contribution in [3.63, 3.8) is 0 Å². The minimum absolute atomic E-state index is 0.830. The number of anilines is 1. The van der Waals surface area contributed by atoms with Crippen molar-refractivity contribution in [3.05, 3.63) is 35.1 Å². The third-order valence-electron chi connectivity index (χ3n) is 3.70. The van der Waals surface area contributed by atoms with E-state index in [-0.39, 0.29) is 0 Å². The van der Waals surface area contributed by atoms with Gasteiger partial charge in [-0.15, -0.1) is 0 Å². The molecule has 3 rings (SSSR count). The Hall–Kier alpha value is -1.95. The minimum Gasteiger partial charge on any atom is -0.360 e. The predicted octanol–water partition coefficient (Wildman–Crippen LogP) is 1.71. The van der Waals surface area contributed by atoms with E-state index in [1.54, 1.807) is 0 Å². The number of aromatic nitrogens is 3. The Bertz CT molecular complexity index is 596. The predicted molar refractivity (Wildman–Crippen MR) is 80.2 cm³/mol. The van der Waals surface area contributed by atoms with Crippen LogP contribution in [0.15, 0.2) is 16.7 Å². The van der Waals surface area contributed by atoms with E-state index < -0.39 is 0 Å². The van der Waals surface area contributed by atoms with Gasteiger partial charge >= 0.3 is 0 Å². The van der Waals surface area contributed by atoms with Gasteiger partial charge < -0.3 is 9.42 Å². The molecule has 0 unspecified atom stereocenters. The summed E-state index contributed by atoms with van der Waals surface area (Å²) in [5.41, 5.74) is 1.97. The maximum atomic E-state index is 5.28. The molecule has 1 aliphatic rings. The smallest absolute Gasteiger partial charge is 0.150 e. The second kappa shape index (κ2) is 5.81. The lowest BCUT2D eigenvalue weighted by atomic mass is 10.2. The normalized spacial score (nSPS) is 16.4. The third-order valence-corrected chi connectivity index (χ3v) is 3.70. The highest BCUT2D eigenvalue weighted by molar-refractivity contribution is 5.40. The van der Waals surface area contributed by atoms with Crippen LogP contribution < -0.4 is 4.90 Å². The SMILES string of the molecule is Cc1cc(CN2CCN(c3cc(C)nc(C)n3)CC2)on1. The first kappa shape index (κ1) is 14.0. The topological polar surface area (TPSA) is 58.3 Å². The molecular formula is C15H21N5O. The summed E-state index contributed by atoms with van der Waals surface area (Å²) in [5.74, 6) is 2.81. The molecule has 0 aliphatic carbocycles. The Kier molecular flexibility index (Phi) is 3.88. The van der Waals surface area contributed by atoms with E-state index in [1.807, 2.05) is 26.8 Å². The number of aryl methyl sites for hydroxylation is 3. The highest BCUT2D eigenvalue weighted by atomic mass is 16.5. The van der Waals surface area contributed by atoms with E-state index in [2.05, 4.69) is 31.0 Å². The highest BCUT2D eigenvalue weighted by Crippen LogP contribution is 2.16. The van der Waals surface area contributed by atoms with Crippen molar-refractivity contribution in [1.82, 2.24) is 20.0 Å². The van der Waals surface area contributed by atoms with E-state index in [0.29, 0.717) is 0 Å². The summed E-state index contributed by atoms with van der Waals surface area (Å²) in [6.07, 6.45) is 0. The monoisotopic (exact) mass is 287 g/mol. The second-order valence-corrected chi connectivity index (χ2v) is 5.61. The van der Waals surface area contributed by atoms with Crippen LogP contribution in [0.4, 0.5) is 5.82 Å². The quantitative estimate of drug-likeness (QED) is 0.856. The van der Waals surface area contributed by atoms with E-state index in [1.165, 1.54) is 0 Å². The minimum atomic E-state index is 0.830. The third kappa shape index (κ3) is 3.39. The van der Waals surface area contributed by atoms with Gasteiger partial charge in [0.15, 0.2) is 5.76 Å². The van der Waals surface area contributed by atoms with Crippen LogP contribution in [-0.2, 0) is 6.54 Å². The first-order valence-electron chi connectivity index (χ1n) is 7.32. The lowest BCUT2D eigenvalue weighted by molar-refractivity contribution is 0.219. The Morgan fingerprint density at radius 2 is 1.76 bits per heavy atom. The largest absolute Gasteiger partial charge is 0.360 e. The maximum Gasteiger partial charge on any atom is 0.150 e. The molecule has 3 heterocycles. The van der Waals surface area contributed by atoms with Gasteiger partial charge in [-0.25, -0.2) is 9.97 Å². The summed E-state index contributed by atoms with van der Waals surface area (Å²) in [7, 11) is 0. The zero-order valence-corrected chi connectivity index (χ0v) is 12.8. The summed E-state index contributed by atoms with van der Waals surface area (Å²) in [5, 5.41) is 3.94. The molecule has 0 aromatic carbocycles. The molecule has 0 atom stereocenters. The molecule has 0 saturated carbocycles. The molecule has 0 radical (unpaired) electrons. The molecule has 0 bridgehead atoms. The molecule has 21 heavy (non-hydrogen) atoms. The van der Waals surface area contributed by atoms with Crippen molar-refractivity contribution in [2.45, 2.75) is 27.3 Å². The van der Waals surface area contributed by atoms with Crippen molar-refractivity contribution in [3.8, 4) is 0 Å². The van der Waals surface area contributed by atoms with Crippen LogP contribution in [0.3, 0.4) is 0 Å². The van der Waals surface area contributed by atoms with E-state index in [4.69, 9.17) is 4.52 Å². The van der Waals surface area contributed by atoms with Crippen LogP contribution in [0.2, 0.25) is 0 Å². The van der Waals surface area contributed by atoms with Gasteiger partial charge in [-0.1, -0.05) is 5.16 Å². The van der Waals surface area contributed by atoms with Crippen LogP contribution in [0.5, 0.6) is 0 Å². The van der Waals surface area contributed by atoms with Gasteiger partial charge in [-0.05, 0) is 20.8 Å². The van der Waals surface area contributed by atoms with Crippen LogP contribution in [0.1, 0.15) is 23.0 Å². The molecule has 6 nitrogen and oxygen atoms in total. The summed E-state index contributed by atoms with van der Waals surface area (Å²) >= 11 is 0. The average molecular weight is 287 g/mol. The van der Waals surface area contributed by atoms with Gasteiger partial charge in [0.25, 0.3) is 0 Å². The lowest BCUT2D eigenvalue weighted by Gasteiger charge is -2.35. The molecule has 1 fully saturated rings. The van der Waals surface area contributed by atoms with Gasteiger partial charge in [0.2, 0.25) is 0 Å². The maximum absolute atomic E-state index is 5.28. The Balaban J connectivity index is 1.59. The fourth-order valence-corrected chi connectivity index (χ4v) is 2.71. The van der Waals surface area contributed by atoms with Crippen molar-refractivity contribution in [2.24, 2.45) is 0 Å². The van der Waals surface area contributed by atoms with Gasteiger partial charge in [0, 0.05) is 44.0 Å². The van der Waals surface area contributed by atoms with Crippen LogP contribution >= 0.6 is 0 Å². The number of nitrogens with zero attached hydrogens (tertiary/aromatic N) is 5. The molecule has 6 heteroatoms. The van der Waals surface area contributed by atoms with Gasteiger partial charge in [-0.3, -0.25) is 4.90 Å².